The Morgan fingerprint density at radius 2 is 0.671 bits per heavy atom. The van der Waals surface area contributed by atoms with E-state index < -0.39 is 0 Å². The summed E-state index contributed by atoms with van der Waals surface area (Å²) < 4.78 is 7.34. The average Bonchev–Trinajstić information content (AvgIpc) is 4.12. The molecule has 16 rings (SSSR count). The Balaban J connectivity index is 1.15. The first kappa shape index (κ1) is 39.9. The van der Waals surface area contributed by atoms with Crippen molar-refractivity contribution in [2.75, 3.05) is 0 Å². The van der Waals surface area contributed by atoms with Crippen LogP contribution >= 0.6 is 0 Å². The lowest BCUT2D eigenvalue weighted by Gasteiger charge is -2.17. The summed E-state index contributed by atoms with van der Waals surface area (Å²) in [4.78, 5) is 11.4. The van der Waals surface area contributed by atoms with Crippen molar-refractivity contribution >= 4 is 109 Å². The summed E-state index contributed by atoms with van der Waals surface area (Å²) >= 11 is 0. The predicted molar refractivity (Wildman–Crippen MR) is 306 cm³/mol. The molecule has 73 heavy (non-hydrogen) atoms. The van der Waals surface area contributed by atoms with Crippen LogP contribution in [0.25, 0.3) is 148 Å². The molecule has 0 aliphatic heterocycles. The normalized spacial score (nSPS) is 12.1. The van der Waals surface area contributed by atoms with Crippen molar-refractivity contribution in [2.24, 2.45) is 0 Å². The quantitative estimate of drug-likeness (QED) is 0.161. The van der Waals surface area contributed by atoms with E-state index in [4.69, 9.17) is 9.97 Å². The third kappa shape index (κ3) is 5.67. The molecule has 12 aromatic carbocycles. The number of aromatic nitrogens is 5. The van der Waals surface area contributed by atoms with Crippen LogP contribution in [0.15, 0.2) is 249 Å². The fourth-order valence-corrected chi connectivity index (χ4v) is 12.4. The van der Waals surface area contributed by atoms with Crippen LogP contribution in [0.1, 0.15) is 0 Å². The van der Waals surface area contributed by atoms with Gasteiger partial charge in [0.05, 0.1) is 44.5 Å². The Hall–Kier alpha value is -9.84. The summed E-state index contributed by atoms with van der Waals surface area (Å²) in [5.41, 5.74) is 12.7. The van der Waals surface area contributed by atoms with Crippen LogP contribution in [0.4, 0.5) is 0 Å². The third-order valence-electron chi connectivity index (χ3n) is 15.4. The van der Waals surface area contributed by atoms with Gasteiger partial charge in [-0.25, -0.2) is 9.97 Å². The Bertz CT molecular complexity index is 4890. The molecule has 0 N–H and O–H groups in total. The summed E-state index contributed by atoms with van der Waals surface area (Å²) in [6.45, 7) is 0. The van der Waals surface area contributed by atoms with Gasteiger partial charge < -0.3 is 9.13 Å². The summed E-state index contributed by atoms with van der Waals surface area (Å²) in [6, 6.07) is 90.2. The van der Waals surface area contributed by atoms with Gasteiger partial charge in [-0.1, -0.05) is 200 Å². The van der Waals surface area contributed by atoms with Gasteiger partial charge in [-0.05, 0) is 80.8 Å². The number of nitrogens with zero attached hydrogens (tertiary/aromatic N) is 5. The number of rotatable bonds is 5. The van der Waals surface area contributed by atoms with E-state index in [9.17, 15) is 0 Å². The standard InChI is InChI=1S/C68H41N5/c1-4-20-42(21-5-1)57-41-58(43-22-6-2-7-23-43)70-68(69-57)73-66-55(63-53-33-15-14-32-52(53)62-50-30-12-10-26-46(50)47-27-11-13-31-51(47)64(62)67(63)73)38-37-54-48-28-16-19-35-60(48)72(65(54)66)45-36-39-61-56(40-45)49-29-17-18-34-59(49)71(61)44-24-8-3-9-25-44/h1-41H. The molecule has 5 nitrogen and oxygen atoms in total. The van der Waals surface area contributed by atoms with Gasteiger partial charge in [0.15, 0.2) is 0 Å². The molecule has 0 saturated heterocycles. The van der Waals surface area contributed by atoms with Crippen LogP contribution in [0.5, 0.6) is 0 Å². The van der Waals surface area contributed by atoms with Gasteiger partial charge >= 0.3 is 0 Å². The molecule has 5 heteroatoms. The van der Waals surface area contributed by atoms with Crippen molar-refractivity contribution in [1.29, 1.82) is 0 Å². The van der Waals surface area contributed by atoms with Gasteiger partial charge in [0, 0.05) is 65.6 Å². The van der Waals surface area contributed by atoms with Crippen molar-refractivity contribution < 1.29 is 0 Å². The number of para-hydroxylation sites is 3. The summed E-state index contributed by atoms with van der Waals surface area (Å²) in [5, 5.41) is 16.7. The first-order chi connectivity index (χ1) is 36.3. The van der Waals surface area contributed by atoms with E-state index in [1.54, 1.807) is 0 Å². The fourth-order valence-electron chi connectivity index (χ4n) is 12.4. The van der Waals surface area contributed by atoms with E-state index >= 15 is 0 Å². The van der Waals surface area contributed by atoms with Crippen LogP contribution in [0.2, 0.25) is 0 Å². The first-order valence-corrected chi connectivity index (χ1v) is 25.0. The van der Waals surface area contributed by atoms with E-state index in [-0.39, 0.29) is 0 Å². The second kappa shape index (κ2) is 15.3. The number of fused-ring (bicyclic) bond motifs is 20. The van der Waals surface area contributed by atoms with Crippen LogP contribution < -0.4 is 0 Å². The SMILES string of the molecule is c1ccc(-c2cc(-c3ccccc3)nc(-n3c4c(c5ccccc5c5c6ccccc6c6ccccc6c54)c4ccc5c6ccccc6n(-c6ccc7c(c6)c6ccccc6n7-c6ccccc6)c5c43)n2)cc1. The predicted octanol–water partition coefficient (Wildman–Crippen LogP) is 17.7. The van der Waals surface area contributed by atoms with E-state index in [2.05, 4.69) is 262 Å². The van der Waals surface area contributed by atoms with Gasteiger partial charge in [-0.15, -0.1) is 0 Å². The lowest BCUT2D eigenvalue weighted by Crippen LogP contribution is -2.06. The molecule has 0 atom stereocenters. The molecule has 0 spiro atoms. The monoisotopic (exact) mass is 927 g/mol. The zero-order chi connectivity index (χ0) is 47.7. The van der Waals surface area contributed by atoms with Gasteiger partial charge in [0.1, 0.15) is 0 Å². The summed E-state index contributed by atoms with van der Waals surface area (Å²) in [6.07, 6.45) is 0. The number of hydrogen-bond acceptors (Lipinski definition) is 2. The van der Waals surface area contributed by atoms with Crippen LogP contribution in [0, 0.1) is 0 Å². The molecule has 4 heterocycles. The molecular weight excluding hydrogens is 887 g/mol. The van der Waals surface area contributed by atoms with E-state index in [0.29, 0.717) is 5.95 Å². The van der Waals surface area contributed by atoms with E-state index in [1.165, 1.54) is 70.2 Å². The molecule has 338 valence electrons. The van der Waals surface area contributed by atoms with Gasteiger partial charge in [-0.3, -0.25) is 4.57 Å². The smallest absolute Gasteiger partial charge is 0.235 e. The first-order valence-electron chi connectivity index (χ1n) is 25.0. The van der Waals surface area contributed by atoms with Crippen molar-refractivity contribution in [3.63, 3.8) is 0 Å². The Morgan fingerprint density at radius 3 is 1.29 bits per heavy atom. The van der Waals surface area contributed by atoms with Crippen molar-refractivity contribution in [1.82, 2.24) is 23.7 Å². The summed E-state index contributed by atoms with van der Waals surface area (Å²) in [5.74, 6) is 0.611. The van der Waals surface area contributed by atoms with Crippen molar-refractivity contribution in [2.45, 2.75) is 0 Å². The molecular formula is C68H41N5. The fraction of sp³-hybridized carbons (Fsp3) is 0. The molecule has 0 saturated carbocycles. The molecule has 0 aliphatic rings. The Morgan fingerprint density at radius 1 is 0.233 bits per heavy atom. The zero-order valence-corrected chi connectivity index (χ0v) is 39.4. The van der Waals surface area contributed by atoms with Crippen molar-refractivity contribution in [3.8, 4) is 39.8 Å². The molecule has 0 amide bonds. The van der Waals surface area contributed by atoms with E-state index in [1.807, 2.05) is 0 Å². The number of benzene rings is 12. The van der Waals surface area contributed by atoms with Gasteiger partial charge in [0.2, 0.25) is 5.95 Å². The molecule has 4 aromatic heterocycles. The van der Waals surface area contributed by atoms with Gasteiger partial charge in [0.25, 0.3) is 0 Å². The molecule has 0 radical (unpaired) electrons. The van der Waals surface area contributed by atoms with E-state index in [0.717, 1.165) is 72.2 Å². The maximum atomic E-state index is 5.71. The number of hydrogen-bond donors (Lipinski definition) is 0. The second-order valence-corrected chi connectivity index (χ2v) is 19.2. The van der Waals surface area contributed by atoms with Crippen molar-refractivity contribution in [3.05, 3.63) is 249 Å². The Kier molecular flexibility index (Phi) is 8.39. The highest BCUT2D eigenvalue weighted by Crippen LogP contribution is 2.50. The molecule has 16 aromatic rings. The minimum atomic E-state index is 0.611. The highest BCUT2D eigenvalue weighted by molar-refractivity contribution is 6.43. The van der Waals surface area contributed by atoms with Gasteiger partial charge in [-0.2, -0.15) is 0 Å². The topological polar surface area (TPSA) is 40.6 Å². The largest absolute Gasteiger partial charge is 0.309 e. The summed E-state index contributed by atoms with van der Waals surface area (Å²) in [7, 11) is 0. The highest BCUT2D eigenvalue weighted by Gasteiger charge is 2.28. The lowest BCUT2D eigenvalue weighted by molar-refractivity contribution is 0.998. The lowest BCUT2D eigenvalue weighted by atomic mass is 9.89. The minimum absolute atomic E-state index is 0.611. The minimum Gasteiger partial charge on any atom is -0.309 e. The van der Waals surface area contributed by atoms with Crippen LogP contribution in [0.3, 0.4) is 0 Å². The Labute approximate surface area is 418 Å². The van der Waals surface area contributed by atoms with Crippen LogP contribution in [-0.4, -0.2) is 23.7 Å². The molecule has 0 aliphatic carbocycles. The zero-order valence-electron chi connectivity index (χ0n) is 39.4. The average molecular weight is 928 g/mol. The maximum absolute atomic E-state index is 5.71. The highest BCUT2D eigenvalue weighted by atomic mass is 15.2. The maximum Gasteiger partial charge on any atom is 0.235 e. The molecule has 0 bridgehead atoms. The third-order valence-corrected chi connectivity index (χ3v) is 15.4. The van der Waals surface area contributed by atoms with Crippen LogP contribution in [-0.2, 0) is 0 Å². The molecule has 0 unspecified atom stereocenters. The molecule has 0 fully saturated rings. The second-order valence-electron chi connectivity index (χ2n) is 19.2.